The van der Waals surface area contributed by atoms with Crippen LogP contribution in [0.5, 0.6) is 0 Å². The van der Waals surface area contributed by atoms with Crippen LogP contribution in [0.15, 0.2) is 41.1 Å². The number of benzene rings is 1. The summed E-state index contributed by atoms with van der Waals surface area (Å²) < 4.78 is 0. The smallest absolute Gasteiger partial charge is 0.225 e. The second-order valence-electron chi connectivity index (χ2n) is 5.18. The van der Waals surface area contributed by atoms with Gasteiger partial charge in [0.15, 0.2) is 0 Å². The first-order valence-electron chi connectivity index (χ1n) is 7.31. The third kappa shape index (κ3) is 4.99. The Bertz CT molecular complexity index is 566. The molecule has 112 valence electrons. The Labute approximate surface area is 130 Å². The van der Waals surface area contributed by atoms with Crippen LogP contribution in [0, 0.1) is 0 Å². The molecule has 1 heterocycles. The Balaban J connectivity index is 1.80. The maximum absolute atomic E-state index is 12.1. The van der Waals surface area contributed by atoms with Crippen molar-refractivity contribution in [3.63, 3.8) is 0 Å². The van der Waals surface area contributed by atoms with Crippen molar-refractivity contribution in [2.75, 3.05) is 5.32 Å². The van der Waals surface area contributed by atoms with Gasteiger partial charge in [0.2, 0.25) is 5.91 Å². The summed E-state index contributed by atoms with van der Waals surface area (Å²) in [5.74, 6) is 0.0567. The lowest BCUT2D eigenvalue weighted by Gasteiger charge is -2.14. The molecule has 0 bridgehead atoms. The van der Waals surface area contributed by atoms with Gasteiger partial charge in [0.1, 0.15) is 0 Å². The lowest BCUT2D eigenvalue weighted by Crippen LogP contribution is -2.30. The van der Waals surface area contributed by atoms with Crippen LogP contribution >= 0.6 is 11.3 Å². The van der Waals surface area contributed by atoms with Crippen molar-refractivity contribution in [2.45, 2.75) is 39.3 Å². The first kappa shape index (κ1) is 15.7. The highest BCUT2D eigenvalue weighted by atomic mass is 32.1. The van der Waals surface area contributed by atoms with Gasteiger partial charge in [-0.2, -0.15) is 11.3 Å². The third-order valence-corrected chi connectivity index (χ3v) is 4.13. The molecule has 3 nitrogen and oxygen atoms in total. The minimum absolute atomic E-state index is 0.0567. The van der Waals surface area contributed by atoms with E-state index in [1.54, 1.807) is 11.3 Å². The van der Waals surface area contributed by atoms with Gasteiger partial charge in [0, 0.05) is 24.7 Å². The van der Waals surface area contributed by atoms with E-state index >= 15 is 0 Å². The van der Waals surface area contributed by atoms with Crippen LogP contribution in [0.25, 0.3) is 0 Å². The van der Waals surface area contributed by atoms with E-state index in [-0.39, 0.29) is 11.9 Å². The minimum Gasteiger partial charge on any atom is -0.326 e. The molecule has 0 aliphatic rings. The lowest BCUT2D eigenvalue weighted by atomic mass is 10.1. The van der Waals surface area contributed by atoms with Crippen molar-refractivity contribution in [1.82, 2.24) is 5.32 Å². The van der Waals surface area contributed by atoms with Gasteiger partial charge < -0.3 is 10.6 Å². The Morgan fingerprint density at radius 1 is 1.29 bits per heavy atom. The van der Waals surface area contributed by atoms with E-state index in [1.165, 1.54) is 11.1 Å². The lowest BCUT2D eigenvalue weighted by molar-refractivity contribution is -0.116. The minimum atomic E-state index is 0.0567. The fourth-order valence-electron chi connectivity index (χ4n) is 2.19. The molecule has 2 aromatic rings. The molecule has 0 saturated carbocycles. The van der Waals surface area contributed by atoms with Crippen molar-refractivity contribution >= 4 is 22.9 Å². The van der Waals surface area contributed by atoms with Crippen LogP contribution < -0.4 is 10.6 Å². The summed E-state index contributed by atoms with van der Waals surface area (Å²) in [5, 5.41) is 10.6. The maximum Gasteiger partial charge on any atom is 0.225 e. The van der Waals surface area contributed by atoms with E-state index in [4.69, 9.17) is 0 Å². The molecule has 1 atom stereocenters. The molecule has 0 radical (unpaired) electrons. The van der Waals surface area contributed by atoms with Crippen molar-refractivity contribution in [3.8, 4) is 0 Å². The van der Waals surface area contributed by atoms with Crippen molar-refractivity contribution < 1.29 is 4.79 Å². The zero-order valence-electron chi connectivity index (χ0n) is 12.6. The van der Waals surface area contributed by atoms with Gasteiger partial charge in [0.25, 0.3) is 0 Å². The fourth-order valence-corrected chi connectivity index (χ4v) is 2.86. The first-order chi connectivity index (χ1) is 10.2. The van der Waals surface area contributed by atoms with Crippen LogP contribution in [0.3, 0.4) is 0 Å². The maximum atomic E-state index is 12.1. The van der Waals surface area contributed by atoms with Crippen molar-refractivity contribution in [3.05, 3.63) is 52.2 Å². The molecule has 0 saturated heterocycles. The summed E-state index contributed by atoms with van der Waals surface area (Å²) in [6, 6.07) is 10.2. The molecule has 21 heavy (non-hydrogen) atoms. The zero-order chi connectivity index (χ0) is 15.1. The van der Waals surface area contributed by atoms with Crippen molar-refractivity contribution in [1.29, 1.82) is 0 Å². The number of nitrogens with one attached hydrogen (secondary N) is 2. The van der Waals surface area contributed by atoms with Gasteiger partial charge in [-0.25, -0.2) is 0 Å². The highest BCUT2D eigenvalue weighted by Crippen LogP contribution is 2.15. The predicted molar refractivity (Wildman–Crippen MR) is 89.7 cm³/mol. The molecule has 0 unspecified atom stereocenters. The molecule has 1 aromatic heterocycles. The van der Waals surface area contributed by atoms with E-state index in [1.807, 2.05) is 31.2 Å². The molecule has 1 aromatic carbocycles. The van der Waals surface area contributed by atoms with E-state index < -0.39 is 0 Å². The Kier molecular flexibility index (Phi) is 5.96. The van der Waals surface area contributed by atoms with Crippen molar-refractivity contribution in [2.24, 2.45) is 0 Å². The standard InChI is InChI=1S/C17H22N2OS/c1-3-15-6-4-5-7-16(15)19-17(20)10-13(2)18-11-14-8-9-21-12-14/h4-9,12-13,18H,3,10-11H2,1-2H3,(H,19,20)/t13-/m1/s1. The Morgan fingerprint density at radius 3 is 2.81 bits per heavy atom. The average molecular weight is 302 g/mol. The molecule has 2 N–H and O–H groups in total. The molecular weight excluding hydrogens is 280 g/mol. The van der Waals surface area contributed by atoms with Crippen LogP contribution in [-0.2, 0) is 17.8 Å². The number of hydrogen-bond acceptors (Lipinski definition) is 3. The largest absolute Gasteiger partial charge is 0.326 e. The zero-order valence-corrected chi connectivity index (χ0v) is 13.4. The van der Waals surface area contributed by atoms with E-state index in [9.17, 15) is 4.79 Å². The number of aryl methyl sites for hydroxylation is 1. The van der Waals surface area contributed by atoms with Gasteiger partial charge >= 0.3 is 0 Å². The topological polar surface area (TPSA) is 41.1 Å². The summed E-state index contributed by atoms with van der Waals surface area (Å²) >= 11 is 1.69. The molecular formula is C17H22N2OS. The van der Waals surface area contributed by atoms with Gasteiger partial charge in [-0.05, 0) is 47.4 Å². The summed E-state index contributed by atoms with van der Waals surface area (Å²) in [6.07, 6.45) is 1.39. The summed E-state index contributed by atoms with van der Waals surface area (Å²) in [4.78, 5) is 12.1. The number of anilines is 1. The van der Waals surface area contributed by atoms with Crippen LogP contribution in [0.4, 0.5) is 5.69 Å². The second kappa shape index (κ2) is 7.96. The normalized spacial score (nSPS) is 12.1. The fraction of sp³-hybridized carbons (Fsp3) is 0.353. The van der Waals surface area contributed by atoms with E-state index in [0.717, 1.165) is 18.7 Å². The van der Waals surface area contributed by atoms with Crippen LogP contribution in [0.1, 0.15) is 31.4 Å². The van der Waals surface area contributed by atoms with E-state index in [2.05, 4.69) is 34.4 Å². The molecule has 4 heteroatoms. The highest BCUT2D eigenvalue weighted by molar-refractivity contribution is 7.07. The predicted octanol–water partition coefficient (Wildman–Crippen LogP) is 3.82. The number of carbonyl (C=O) groups is 1. The molecule has 2 rings (SSSR count). The summed E-state index contributed by atoms with van der Waals surface area (Å²) in [5.41, 5.74) is 3.36. The monoisotopic (exact) mass is 302 g/mol. The molecule has 0 fully saturated rings. The molecule has 1 amide bonds. The number of rotatable bonds is 7. The highest BCUT2D eigenvalue weighted by Gasteiger charge is 2.10. The van der Waals surface area contributed by atoms with E-state index in [0.29, 0.717) is 6.42 Å². The Morgan fingerprint density at radius 2 is 2.10 bits per heavy atom. The number of amides is 1. The second-order valence-corrected chi connectivity index (χ2v) is 5.96. The van der Waals surface area contributed by atoms with Gasteiger partial charge in [0.05, 0.1) is 0 Å². The molecule has 0 spiro atoms. The summed E-state index contributed by atoms with van der Waals surface area (Å²) in [6.45, 7) is 4.94. The molecule has 0 aliphatic heterocycles. The van der Waals surface area contributed by atoms with Gasteiger partial charge in [-0.3, -0.25) is 4.79 Å². The SMILES string of the molecule is CCc1ccccc1NC(=O)C[C@@H](C)NCc1ccsc1. The molecule has 0 aliphatic carbocycles. The average Bonchev–Trinajstić information content (AvgIpc) is 2.99. The van der Waals surface area contributed by atoms with Gasteiger partial charge in [-0.15, -0.1) is 0 Å². The first-order valence-corrected chi connectivity index (χ1v) is 8.25. The Hall–Kier alpha value is -1.65. The number of carbonyl (C=O) groups excluding carboxylic acids is 1. The van der Waals surface area contributed by atoms with Gasteiger partial charge in [-0.1, -0.05) is 25.1 Å². The number of thiophene rings is 1. The summed E-state index contributed by atoms with van der Waals surface area (Å²) in [7, 11) is 0. The number of hydrogen-bond donors (Lipinski definition) is 2. The quantitative estimate of drug-likeness (QED) is 0.816. The number of para-hydroxylation sites is 1. The third-order valence-electron chi connectivity index (χ3n) is 3.40. The van der Waals surface area contributed by atoms with Crippen LogP contribution in [0.2, 0.25) is 0 Å². The van der Waals surface area contributed by atoms with Crippen LogP contribution in [-0.4, -0.2) is 11.9 Å².